The van der Waals surface area contributed by atoms with E-state index in [9.17, 15) is 19.7 Å². The Labute approximate surface area is 172 Å². The van der Waals surface area contributed by atoms with E-state index in [0.29, 0.717) is 5.56 Å². The molecule has 0 saturated carbocycles. The van der Waals surface area contributed by atoms with Crippen LogP contribution in [0, 0.1) is 10.1 Å². The molecule has 3 rings (SSSR count). The minimum absolute atomic E-state index is 0.0784. The highest BCUT2D eigenvalue weighted by molar-refractivity contribution is 7.80. The molecule has 29 heavy (non-hydrogen) atoms. The summed E-state index contributed by atoms with van der Waals surface area (Å²) in [5.74, 6) is -0.581. The Kier molecular flexibility index (Phi) is 5.46. The highest BCUT2D eigenvalue weighted by Crippen LogP contribution is 2.29. The average molecular weight is 413 g/mol. The second-order valence-electron chi connectivity index (χ2n) is 6.62. The number of carbonyl (C=O) groups excluding carboxylic acids is 2. The summed E-state index contributed by atoms with van der Waals surface area (Å²) >= 11 is 5.22. The minimum atomic E-state index is -1.38. The monoisotopic (exact) mass is 413 g/mol. The summed E-state index contributed by atoms with van der Waals surface area (Å²) in [5, 5.41) is 17.2. The summed E-state index contributed by atoms with van der Waals surface area (Å²) in [6.45, 7) is 3.55. The summed E-state index contributed by atoms with van der Waals surface area (Å²) in [7, 11) is 0. The largest absolute Gasteiger partial charge is 0.344 e. The lowest BCUT2D eigenvalue weighted by atomic mass is 9.92. The molecule has 150 valence electrons. The zero-order chi connectivity index (χ0) is 21.2. The van der Waals surface area contributed by atoms with Crippen LogP contribution in [0.25, 0.3) is 0 Å². The first-order valence-electron chi connectivity index (χ1n) is 8.83. The van der Waals surface area contributed by atoms with Gasteiger partial charge in [0.25, 0.3) is 11.6 Å². The van der Waals surface area contributed by atoms with E-state index in [4.69, 9.17) is 12.2 Å². The SMILES string of the molecule is CCc1cccc(NC(=S)NN2C(=O)N[C@](C)(c3ccc([N+](=O)[O-])cc3)C2=O)c1. The highest BCUT2D eigenvalue weighted by Gasteiger charge is 2.49. The van der Waals surface area contributed by atoms with Gasteiger partial charge in [-0.05, 0) is 61.0 Å². The normalized spacial score (nSPS) is 18.3. The molecule has 1 heterocycles. The summed E-state index contributed by atoms with van der Waals surface area (Å²) < 4.78 is 0. The van der Waals surface area contributed by atoms with Crippen molar-refractivity contribution in [3.05, 3.63) is 69.8 Å². The number of urea groups is 1. The summed E-state index contributed by atoms with van der Waals surface area (Å²) in [4.78, 5) is 35.6. The van der Waals surface area contributed by atoms with Gasteiger partial charge in [-0.3, -0.25) is 20.3 Å². The second kappa shape index (κ2) is 7.84. The Balaban J connectivity index is 1.74. The van der Waals surface area contributed by atoms with E-state index in [0.717, 1.165) is 22.7 Å². The zero-order valence-corrected chi connectivity index (χ0v) is 16.6. The third kappa shape index (κ3) is 4.02. The number of carbonyl (C=O) groups is 2. The van der Waals surface area contributed by atoms with Crippen LogP contribution in [-0.4, -0.2) is 27.0 Å². The maximum absolute atomic E-state index is 12.9. The van der Waals surface area contributed by atoms with E-state index in [2.05, 4.69) is 16.1 Å². The van der Waals surface area contributed by atoms with Crippen molar-refractivity contribution in [2.24, 2.45) is 0 Å². The van der Waals surface area contributed by atoms with Crippen LogP contribution in [-0.2, 0) is 16.8 Å². The van der Waals surface area contributed by atoms with Gasteiger partial charge < -0.3 is 10.6 Å². The van der Waals surface area contributed by atoms with Gasteiger partial charge in [0.15, 0.2) is 5.11 Å². The lowest BCUT2D eigenvalue weighted by Gasteiger charge is -2.22. The van der Waals surface area contributed by atoms with E-state index >= 15 is 0 Å². The fraction of sp³-hybridized carbons (Fsp3) is 0.211. The molecule has 0 bridgehead atoms. The van der Waals surface area contributed by atoms with Crippen LogP contribution < -0.4 is 16.1 Å². The van der Waals surface area contributed by atoms with Crippen LogP contribution in [0.5, 0.6) is 0 Å². The zero-order valence-electron chi connectivity index (χ0n) is 15.8. The molecule has 1 aliphatic heterocycles. The number of imide groups is 1. The molecule has 10 heteroatoms. The van der Waals surface area contributed by atoms with Crippen LogP contribution in [0.15, 0.2) is 48.5 Å². The van der Waals surface area contributed by atoms with Gasteiger partial charge >= 0.3 is 6.03 Å². The van der Waals surface area contributed by atoms with Crippen LogP contribution in [0.2, 0.25) is 0 Å². The van der Waals surface area contributed by atoms with Gasteiger partial charge in [-0.2, -0.15) is 5.01 Å². The number of nitrogens with one attached hydrogen (secondary N) is 3. The van der Waals surface area contributed by atoms with Gasteiger partial charge in [-0.25, -0.2) is 4.79 Å². The van der Waals surface area contributed by atoms with E-state index in [1.165, 1.54) is 31.2 Å². The molecule has 1 fully saturated rings. The number of anilines is 1. The van der Waals surface area contributed by atoms with E-state index in [1.807, 2.05) is 31.2 Å². The third-order valence-electron chi connectivity index (χ3n) is 4.65. The molecular weight excluding hydrogens is 394 g/mol. The second-order valence-corrected chi connectivity index (χ2v) is 7.03. The van der Waals surface area contributed by atoms with E-state index in [-0.39, 0.29) is 10.8 Å². The molecular formula is C19H19N5O4S. The Bertz CT molecular complexity index is 994. The molecule has 0 unspecified atom stereocenters. The number of hydrogen-bond acceptors (Lipinski definition) is 5. The number of non-ortho nitro benzene ring substituents is 1. The number of nitrogens with zero attached hydrogens (tertiary/aromatic N) is 2. The van der Waals surface area contributed by atoms with E-state index in [1.54, 1.807) is 0 Å². The minimum Gasteiger partial charge on any atom is -0.331 e. The van der Waals surface area contributed by atoms with Crippen molar-refractivity contribution in [1.82, 2.24) is 15.8 Å². The first-order chi connectivity index (χ1) is 13.7. The molecule has 0 spiro atoms. The van der Waals surface area contributed by atoms with Crippen molar-refractivity contribution < 1.29 is 14.5 Å². The molecule has 9 nitrogen and oxygen atoms in total. The molecule has 2 aromatic rings. The smallest absolute Gasteiger partial charge is 0.331 e. The average Bonchev–Trinajstić information content (AvgIpc) is 2.92. The Morgan fingerprint density at radius 2 is 1.93 bits per heavy atom. The van der Waals surface area contributed by atoms with Gasteiger partial charge in [0.1, 0.15) is 5.54 Å². The van der Waals surface area contributed by atoms with Crippen molar-refractivity contribution in [2.75, 3.05) is 5.32 Å². The first-order valence-corrected chi connectivity index (χ1v) is 9.23. The standard InChI is InChI=1S/C19H19N5O4S/c1-3-12-5-4-6-14(11-12)20-17(29)22-23-16(25)19(2,21-18(23)26)13-7-9-15(10-8-13)24(27)28/h4-11H,3H2,1-2H3,(H,21,26)(H2,20,22,29)/t19-/m1/s1. The number of hydrazine groups is 1. The van der Waals surface area contributed by atoms with Crippen molar-refractivity contribution in [2.45, 2.75) is 25.8 Å². The van der Waals surface area contributed by atoms with Gasteiger partial charge in [0.05, 0.1) is 4.92 Å². The van der Waals surface area contributed by atoms with Crippen molar-refractivity contribution >= 4 is 40.6 Å². The number of hydrogen-bond donors (Lipinski definition) is 3. The maximum atomic E-state index is 12.9. The van der Waals surface area contributed by atoms with Gasteiger partial charge in [0.2, 0.25) is 0 Å². The van der Waals surface area contributed by atoms with Crippen LogP contribution in [0.3, 0.4) is 0 Å². The highest BCUT2D eigenvalue weighted by atomic mass is 32.1. The Morgan fingerprint density at radius 1 is 1.24 bits per heavy atom. The van der Waals surface area contributed by atoms with Gasteiger partial charge in [-0.15, -0.1) is 0 Å². The number of amides is 3. The van der Waals surface area contributed by atoms with Crippen molar-refractivity contribution in [3.63, 3.8) is 0 Å². The number of nitro groups is 1. The van der Waals surface area contributed by atoms with Crippen LogP contribution in [0.1, 0.15) is 25.0 Å². The summed E-state index contributed by atoms with van der Waals surface area (Å²) in [5.41, 5.74) is 3.37. The Morgan fingerprint density at radius 3 is 2.55 bits per heavy atom. The fourth-order valence-electron chi connectivity index (χ4n) is 2.98. The molecule has 3 amide bonds. The van der Waals surface area contributed by atoms with E-state index < -0.39 is 22.4 Å². The molecule has 3 N–H and O–H groups in total. The Hall–Kier alpha value is -3.53. The molecule has 1 saturated heterocycles. The van der Waals surface area contributed by atoms with Gasteiger partial charge in [-0.1, -0.05) is 19.1 Å². The first kappa shape index (κ1) is 20.2. The van der Waals surface area contributed by atoms with Crippen molar-refractivity contribution in [1.29, 1.82) is 0 Å². The van der Waals surface area contributed by atoms with Gasteiger partial charge in [0, 0.05) is 17.8 Å². The third-order valence-corrected chi connectivity index (χ3v) is 4.85. The number of thiocarbonyl (C=S) groups is 1. The van der Waals surface area contributed by atoms with Crippen LogP contribution >= 0.6 is 12.2 Å². The molecule has 0 radical (unpaired) electrons. The quantitative estimate of drug-likeness (QED) is 0.299. The number of benzene rings is 2. The predicted octanol–water partition coefficient (Wildman–Crippen LogP) is 2.83. The lowest BCUT2D eigenvalue weighted by molar-refractivity contribution is -0.384. The molecule has 0 aliphatic carbocycles. The fourth-order valence-corrected chi connectivity index (χ4v) is 3.19. The number of rotatable bonds is 5. The predicted molar refractivity (Wildman–Crippen MR) is 111 cm³/mol. The van der Waals surface area contributed by atoms with Crippen LogP contribution in [0.4, 0.5) is 16.2 Å². The maximum Gasteiger partial charge on any atom is 0.344 e. The topological polar surface area (TPSA) is 117 Å². The number of aryl methyl sites for hydroxylation is 1. The van der Waals surface area contributed by atoms with Crippen molar-refractivity contribution in [3.8, 4) is 0 Å². The molecule has 0 aromatic heterocycles. The molecule has 1 aliphatic rings. The lowest BCUT2D eigenvalue weighted by Crippen LogP contribution is -2.49. The summed E-state index contributed by atoms with van der Waals surface area (Å²) in [6.07, 6.45) is 0.857. The summed E-state index contributed by atoms with van der Waals surface area (Å²) in [6, 6.07) is 12.4. The number of nitro benzene ring substituents is 1. The molecule has 2 aromatic carbocycles. The molecule has 1 atom stereocenters.